The van der Waals surface area contributed by atoms with Gasteiger partial charge in [0.25, 0.3) is 0 Å². The van der Waals surface area contributed by atoms with Crippen LogP contribution in [-0.2, 0) is 11.3 Å². The fourth-order valence-electron chi connectivity index (χ4n) is 2.90. The highest BCUT2D eigenvalue weighted by atomic mass is 19.1. The second-order valence-electron chi connectivity index (χ2n) is 6.21. The molecule has 8 nitrogen and oxygen atoms in total. The molecule has 9 heteroatoms. The Bertz CT molecular complexity index is 755. The molecule has 144 valence electrons. The Morgan fingerprint density at radius 1 is 1.22 bits per heavy atom. The number of hydrogen-bond donors (Lipinski definition) is 2. The molecule has 3 rings (SSSR count). The van der Waals surface area contributed by atoms with E-state index in [0.29, 0.717) is 11.6 Å². The van der Waals surface area contributed by atoms with Crippen LogP contribution >= 0.6 is 0 Å². The zero-order valence-electron chi connectivity index (χ0n) is 15.2. The molecule has 1 aromatic carbocycles. The van der Waals surface area contributed by atoms with Gasteiger partial charge in [-0.05, 0) is 24.3 Å². The summed E-state index contributed by atoms with van der Waals surface area (Å²) >= 11 is 0. The van der Waals surface area contributed by atoms with Crippen LogP contribution in [-0.4, -0.2) is 66.6 Å². The summed E-state index contributed by atoms with van der Waals surface area (Å²) in [4.78, 5) is 20.7. The minimum atomic E-state index is -0.339. The number of benzene rings is 1. The first kappa shape index (κ1) is 18.8. The maximum absolute atomic E-state index is 12.9. The van der Waals surface area contributed by atoms with Crippen molar-refractivity contribution in [3.8, 4) is 0 Å². The fraction of sp³-hybridized carbons (Fsp3) is 0.389. The zero-order chi connectivity index (χ0) is 19.1. The number of rotatable bonds is 5. The Morgan fingerprint density at radius 3 is 2.59 bits per heavy atom. The van der Waals surface area contributed by atoms with Crippen molar-refractivity contribution in [1.29, 1.82) is 0 Å². The van der Waals surface area contributed by atoms with Crippen molar-refractivity contribution in [1.82, 2.24) is 20.3 Å². The Hall–Kier alpha value is -2.94. The van der Waals surface area contributed by atoms with Crippen LogP contribution in [0, 0.1) is 5.82 Å². The third-order valence-corrected chi connectivity index (χ3v) is 4.30. The Kier molecular flexibility index (Phi) is 6.37. The Balaban J connectivity index is 1.42. The van der Waals surface area contributed by atoms with Gasteiger partial charge in [-0.25, -0.2) is 4.39 Å². The Morgan fingerprint density at radius 2 is 1.96 bits per heavy atom. The van der Waals surface area contributed by atoms with Crippen molar-refractivity contribution in [3.05, 3.63) is 48.1 Å². The molecule has 0 spiro atoms. The van der Waals surface area contributed by atoms with Gasteiger partial charge in [0.05, 0.1) is 12.2 Å². The minimum absolute atomic E-state index is 0.0865. The van der Waals surface area contributed by atoms with E-state index in [0.717, 1.165) is 38.4 Å². The molecule has 27 heavy (non-hydrogen) atoms. The third kappa shape index (κ3) is 5.52. The minimum Gasteiger partial charge on any atom is -0.364 e. The summed E-state index contributed by atoms with van der Waals surface area (Å²) in [5.74, 6) is 0.131. The molecule has 0 bridgehead atoms. The lowest BCUT2D eigenvalue weighted by atomic mass is 10.3. The van der Waals surface area contributed by atoms with Gasteiger partial charge in [-0.2, -0.15) is 0 Å². The van der Waals surface area contributed by atoms with Crippen molar-refractivity contribution in [2.75, 3.05) is 45.1 Å². The predicted octanol–water partition coefficient (Wildman–Crippen LogP) is 1.15. The molecule has 2 heterocycles. The first-order valence-electron chi connectivity index (χ1n) is 8.76. The average Bonchev–Trinajstić information content (AvgIpc) is 3.18. The molecule has 0 unspecified atom stereocenters. The van der Waals surface area contributed by atoms with Crippen LogP contribution in [0.15, 0.2) is 46.1 Å². The number of aromatic nitrogens is 1. The number of piperazine rings is 1. The van der Waals surface area contributed by atoms with Gasteiger partial charge in [0.2, 0.25) is 5.91 Å². The lowest BCUT2D eigenvalue weighted by Gasteiger charge is -2.36. The average molecular weight is 374 g/mol. The van der Waals surface area contributed by atoms with Crippen LogP contribution in [0.4, 0.5) is 10.1 Å². The largest absolute Gasteiger partial charge is 0.364 e. The summed E-state index contributed by atoms with van der Waals surface area (Å²) in [5.41, 5.74) is 1.48. The van der Waals surface area contributed by atoms with Gasteiger partial charge in [0.15, 0.2) is 5.96 Å². The quantitative estimate of drug-likeness (QED) is 0.603. The van der Waals surface area contributed by atoms with E-state index in [-0.39, 0.29) is 18.3 Å². The van der Waals surface area contributed by atoms with Gasteiger partial charge < -0.3 is 20.1 Å². The molecule has 1 aliphatic heterocycles. The lowest BCUT2D eigenvalue weighted by Crippen LogP contribution is -2.53. The van der Waals surface area contributed by atoms with Crippen LogP contribution in [0.3, 0.4) is 0 Å². The fourth-order valence-corrected chi connectivity index (χ4v) is 2.90. The molecular formula is C18H23FN6O2. The second-order valence-corrected chi connectivity index (χ2v) is 6.21. The van der Waals surface area contributed by atoms with Crippen LogP contribution < -0.4 is 10.6 Å². The first-order valence-corrected chi connectivity index (χ1v) is 8.76. The summed E-state index contributed by atoms with van der Waals surface area (Å²) in [6.07, 6.45) is 1.58. The van der Waals surface area contributed by atoms with Gasteiger partial charge in [-0.1, -0.05) is 5.16 Å². The zero-order valence-corrected chi connectivity index (χ0v) is 15.2. The number of carbonyl (C=O) groups excluding carboxylic acids is 1. The van der Waals surface area contributed by atoms with E-state index >= 15 is 0 Å². The normalized spacial score (nSPS) is 15.6. The smallest absolute Gasteiger partial charge is 0.243 e. The highest BCUT2D eigenvalue weighted by molar-refractivity contribution is 5.95. The van der Waals surface area contributed by atoms with Crippen molar-refractivity contribution < 1.29 is 13.7 Å². The predicted molar refractivity (Wildman–Crippen MR) is 99.7 cm³/mol. The van der Waals surface area contributed by atoms with Gasteiger partial charge in [0.1, 0.15) is 12.1 Å². The number of aliphatic imine (C=N–C) groups is 1. The van der Waals surface area contributed by atoms with Gasteiger partial charge in [-0.3, -0.25) is 14.7 Å². The standard InChI is InChI=1S/C18H23FN6O2/c1-20-18(21-12-17(26)22-15-4-2-14(19)3-5-15)25-9-7-24(8-10-25)13-16-6-11-27-23-16/h2-6,11H,7-10,12-13H2,1H3,(H,20,21)(H,22,26). The van der Waals surface area contributed by atoms with E-state index in [1.807, 2.05) is 6.07 Å². The molecule has 2 aromatic rings. The van der Waals surface area contributed by atoms with Crippen molar-refractivity contribution in [2.24, 2.45) is 4.99 Å². The molecule has 1 amide bonds. The summed E-state index contributed by atoms with van der Waals surface area (Å²) < 4.78 is 17.8. The number of carbonyl (C=O) groups is 1. The summed E-state index contributed by atoms with van der Waals surface area (Å²) in [6.45, 7) is 4.19. The maximum Gasteiger partial charge on any atom is 0.243 e. The van der Waals surface area contributed by atoms with Gasteiger partial charge in [0, 0.05) is 51.5 Å². The van der Waals surface area contributed by atoms with Gasteiger partial charge >= 0.3 is 0 Å². The summed E-state index contributed by atoms with van der Waals surface area (Å²) in [6, 6.07) is 7.53. The molecule has 1 saturated heterocycles. The molecule has 1 aromatic heterocycles. The van der Waals surface area contributed by atoms with Crippen LogP contribution in [0.2, 0.25) is 0 Å². The molecule has 0 atom stereocenters. The SMILES string of the molecule is CN=C(NCC(=O)Nc1ccc(F)cc1)N1CCN(Cc2ccon2)CC1. The van der Waals surface area contributed by atoms with Gasteiger partial charge in [-0.15, -0.1) is 0 Å². The number of anilines is 1. The topological polar surface area (TPSA) is 86.0 Å². The third-order valence-electron chi connectivity index (χ3n) is 4.30. The van der Waals surface area contributed by atoms with Crippen LogP contribution in [0.1, 0.15) is 5.69 Å². The van der Waals surface area contributed by atoms with E-state index in [4.69, 9.17) is 4.52 Å². The van der Waals surface area contributed by atoms with E-state index in [9.17, 15) is 9.18 Å². The molecule has 0 saturated carbocycles. The molecule has 0 aliphatic carbocycles. The number of nitrogens with one attached hydrogen (secondary N) is 2. The molecular weight excluding hydrogens is 351 g/mol. The van der Waals surface area contributed by atoms with Crippen molar-refractivity contribution in [3.63, 3.8) is 0 Å². The second kappa shape index (κ2) is 9.13. The highest BCUT2D eigenvalue weighted by Gasteiger charge is 2.20. The number of nitrogens with zero attached hydrogens (tertiary/aromatic N) is 4. The molecule has 2 N–H and O–H groups in total. The van der Waals surface area contributed by atoms with Crippen molar-refractivity contribution in [2.45, 2.75) is 6.54 Å². The van der Waals surface area contributed by atoms with E-state index in [2.05, 4.69) is 30.6 Å². The lowest BCUT2D eigenvalue weighted by molar-refractivity contribution is -0.115. The Labute approximate surface area is 157 Å². The molecule has 0 radical (unpaired) electrons. The van der Waals surface area contributed by atoms with Crippen LogP contribution in [0.25, 0.3) is 0 Å². The number of hydrogen-bond acceptors (Lipinski definition) is 5. The number of guanidine groups is 1. The monoisotopic (exact) mass is 374 g/mol. The highest BCUT2D eigenvalue weighted by Crippen LogP contribution is 2.09. The summed E-state index contributed by atoms with van der Waals surface area (Å²) in [5, 5.41) is 9.73. The van der Waals surface area contributed by atoms with E-state index in [1.165, 1.54) is 24.3 Å². The molecule has 1 aliphatic rings. The van der Waals surface area contributed by atoms with E-state index < -0.39 is 0 Å². The van der Waals surface area contributed by atoms with E-state index in [1.54, 1.807) is 13.3 Å². The summed E-state index contributed by atoms with van der Waals surface area (Å²) in [7, 11) is 1.70. The first-order chi connectivity index (χ1) is 13.1. The van der Waals surface area contributed by atoms with Crippen LogP contribution in [0.5, 0.6) is 0 Å². The maximum atomic E-state index is 12.9. The van der Waals surface area contributed by atoms with Crippen molar-refractivity contribution >= 4 is 17.6 Å². The molecule has 1 fully saturated rings. The number of amides is 1. The number of halogens is 1.